The number of rotatable bonds is 3. The lowest BCUT2D eigenvalue weighted by molar-refractivity contribution is 0.0521. The van der Waals surface area contributed by atoms with E-state index in [-0.39, 0.29) is 5.54 Å². The Labute approximate surface area is 99.1 Å². The van der Waals surface area contributed by atoms with E-state index in [1.54, 1.807) is 0 Å². The van der Waals surface area contributed by atoms with Crippen molar-refractivity contribution in [2.24, 2.45) is 11.1 Å². The van der Waals surface area contributed by atoms with E-state index in [9.17, 15) is 0 Å². The molecule has 0 aromatic carbocycles. The fraction of sp³-hybridized carbons (Fsp3) is 1.00. The molecule has 0 radical (unpaired) electrons. The van der Waals surface area contributed by atoms with Crippen molar-refractivity contribution < 1.29 is 4.74 Å². The number of nitrogens with one attached hydrogen (secondary N) is 1. The first-order valence-electron chi connectivity index (χ1n) is 6.59. The lowest BCUT2D eigenvalue weighted by Gasteiger charge is -2.34. The predicted octanol–water partition coefficient (Wildman–Crippen LogP) is 1.66. The van der Waals surface area contributed by atoms with Gasteiger partial charge in [0.15, 0.2) is 0 Å². The van der Waals surface area contributed by atoms with Gasteiger partial charge >= 0.3 is 0 Å². The average Bonchev–Trinajstić information content (AvgIpc) is 2.57. The van der Waals surface area contributed by atoms with Gasteiger partial charge in [0.2, 0.25) is 0 Å². The minimum Gasteiger partial charge on any atom is -0.381 e. The van der Waals surface area contributed by atoms with Gasteiger partial charge in [0.1, 0.15) is 0 Å². The zero-order valence-electron chi connectivity index (χ0n) is 10.7. The molecular weight excluding hydrogens is 200 g/mol. The van der Waals surface area contributed by atoms with Gasteiger partial charge in [-0.1, -0.05) is 13.8 Å². The van der Waals surface area contributed by atoms with Crippen LogP contribution in [0.1, 0.15) is 46.0 Å². The normalized spacial score (nSPS) is 32.8. The van der Waals surface area contributed by atoms with Crippen LogP contribution < -0.4 is 11.1 Å². The minimum absolute atomic E-state index is 0.0228. The fourth-order valence-corrected chi connectivity index (χ4v) is 2.91. The van der Waals surface area contributed by atoms with Crippen molar-refractivity contribution in [2.75, 3.05) is 19.8 Å². The van der Waals surface area contributed by atoms with Gasteiger partial charge < -0.3 is 15.8 Å². The molecule has 1 saturated carbocycles. The molecule has 0 spiro atoms. The minimum atomic E-state index is -0.0228. The van der Waals surface area contributed by atoms with E-state index in [2.05, 4.69) is 19.2 Å². The van der Waals surface area contributed by atoms with Gasteiger partial charge in [-0.2, -0.15) is 0 Å². The molecule has 1 aliphatic carbocycles. The van der Waals surface area contributed by atoms with Gasteiger partial charge in [-0.25, -0.2) is 0 Å². The van der Waals surface area contributed by atoms with E-state index < -0.39 is 0 Å². The Morgan fingerprint density at radius 2 is 1.94 bits per heavy atom. The van der Waals surface area contributed by atoms with Crippen LogP contribution in [0.15, 0.2) is 0 Å². The highest BCUT2D eigenvalue weighted by Gasteiger charge is 2.33. The monoisotopic (exact) mass is 226 g/mol. The summed E-state index contributed by atoms with van der Waals surface area (Å²) in [6.07, 6.45) is 5.93. The lowest BCUT2D eigenvalue weighted by Crippen LogP contribution is -2.53. The van der Waals surface area contributed by atoms with Crippen LogP contribution in [0.3, 0.4) is 0 Å². The molecule has 3 heteroatoms. The number of hydrogen-bond donors (Lipinski definition) is 2. The lowest BCUT2D eigenvalue weighted by atomic mass is 9.90. The standard InChI is InChI=1S/C13H26N2O/c1-12(2)4-3-11(9-12)15-10-13(14)5-7-16-8-6-13/h11,15H,3-10,14H2,1-2H3. The highest BCUT2D eigenvalue weighted by Crippen LogP contribution is 2.37. The summed E-state index contributed by atoms with van der Waals surface area (Å²) in [6, 6.07) is 0.679. The molecule has 0 bridgehead atoms. The van der Waals surface area contributed by atoms with Crippen LogP contribution >= 0.6 is 0 Å². The molecule has 94 valence electrons. The smallest absolute Gasteiger partial charge is 0.0484 e. The largest absolute Gasteiger partial charge is 0.381 e. The number of hydrogen-bond acceptors (Lipinski definition) is 3. The summed E-state index contributed by atoms with van der Waals surface area (Å²) < 4.78 is 5.36. The maximum atomic E-state index is 6.36. The van der Waals surface area contributed by atoms with Gasteiger partial charge in [0, 0.05) is 31.3 Å². The Balaban J connectivity index is 1.75. The maximum Gasteiger partial charge on any atom is 0.0484 e. The second-order valence-electron chi connectivity index (χ2n) is 6.46. The summed E-state index contributed by atoms with van der Waals surface area (Å²) in [5.41, 5.74) is 6.86. The molecule has 1 aliphatic heterocycles. The number of nitrogens with two attached hydrogens (primary N) is 1. The molecule has 16 heavy (non-hydrogen) atoms. The van der Waals surface area contributed by atoms with Crippen LogP contribution in [0.25, 0.3) is 0 Å². The first-order chi connectivity index (χ1) is 7.49. The van der Waals surface area contributed by atoms with Crippen LogP contribution in [-0.2, 0) is 4.74 Å². The summed E-state index contributed by atoms with van der Waals surface area (Å²) in [5, 5.41) is 3.67. The quantitative estimate of drug-likeness (QED) is 0.769. The van der Waals surface area contributed by atoms with Crippen molar-refractivity contribution in [1.82, 2.24) is 5.32 Å². The van der Waals surface area contributed by atoms with Crippen LogP contribution in [0.2, 0.25) is 0 Å². The van der Waals surface area contributed by atoms with Gasteiger partial charge in [-0.05, 0) is 37.5 Å². The van der Waals surface area contributed by atoms with Crippen molar-refractivity contribution >= 4 is 0 Å². The Bertz CT molecular complexity index is 234. The van der Waals surface area contributed by atoms with E-state index in [0.29, 0.717) is 11.5 Å². The molecule has 2 aliphatic rings. The van der Waals surface area contributed by atoms with E-state index in [1.807, 2.05) is 0 Å². The van der Waals surface area contributed by atoms with E-state index in [0.717, 1.165) is 32.6 Å². The van der Waals surface area contributed by atoms with Crippen molar-refractivity contribution in [3.63, 3.8) is 0 Å². The highest BCUT2D eigenvalue weighted by atomic mass is 16.5. The molecule has 0 amide bonds. The molecule has 0 aromatic rings. The van der Waals surface area contributed by atoms with E-state index in [1.165, 1.54) is 19.3 Å². The second kappa shape index (κ2) is 4.63. The fourth-order valence-electron chi connectivity index (χ4n) is 2.91. The van der Waals surface area contributed by atoms with Crippen LogP contribution in [0, 0.1) is 5.41 Å². The van der Waals surface area contributed by atoms with E-state index in [4.69, 9.17) is 10.5 Å². The van der Waals surface area contributed by atoms with Crippen LogP contribution in [-0.4, -0.2) is 31.3 Å². The number of ether oxygens (including phenoxy) is 1. The van der Waals surface area contributed by atoms with Gasteiger partial charge in [-0.3, -0.25) is 0 Å². The molecule has 2 fully saturated rings. The van der Waals surface area contributed by atoms with Crippen LogP contribution in [0.4, 0.5) is 0 Å². The molecule has 1 atom stereocenters. The molecular formula is C13H26N2O. The summed E-state index contributed by atoms with van der Waals surface area (Å²) in [6.45, 7) is 7.34. The predicted molar refractivity (Wildman–Crippen MR) is 66.4 cm³/mol. The van der Waals surface area contributed by atoms with Crippen molar-refractivity contribution in [2.45, 2.75) is 57.5 Å². The maximum absolute atomic E-state index is 6.36. The highest BCUT2D eigenvalue weighted by molar-refractivity contribution is 4.92. The third-order valence-electron chi connectivity index (χ3n) is 4.20. The first kappa shape index (κ1) is 12.3. The van der Waals surface area contributed by atoms with Gasteiger partial charge in [0.05, 0.1) is 0 Å². The molecule has 2 rings (SSSR count). The zero-order chi connectivity index (χ0) is 11.6. The molecule has 1 heterocycles. The topological polar surface area (TPSA) is 47.3 Å². The molecule has 0 aromatic heterocycles. The van der Waals surface area contributed by atoms with E-state index >= 15 is 0 Å². The summed E-state index contributed by atoms with van der Waals surface area (Å²) in [4.78, 5) is 0. The first-order valence-corrected chi connectivity index (χ1v) is 6.59. The molecule has 1 saturated heterocycles. The van der Waals surface area contributed by atoms with Crippen molar-refractivity contribution in [3.05, 3.63) is 0 Å². The third-order valence-corrected chi connectivity index (χ3v) is 4.20. The Morgan fingerprint density at radius 3 is 2.50 bits per heavy atom. The zero-order valence-corrected chi connectivity index (χ0v) is 10.7. The van der Waals surface area contributed by atoms with Crippen LogP contribution in [0.5, 0.6) is 0 Å². The van der Waals surface area contributed by atoms with Gasteiger partial charge in [-0.15, -0.1) is 0 Å². The summed E-state index contributed by atoms with van der Waals surface area (Å²) in [5.74, 6) is 0. The third kappa shape index (κ3) is 3.19. The Hall–Kier alpha value is -0.120. The average molecular weight is 226 g/mol. The molecule has 1 unspecified atom stereocenters. The Morgan fingerprint density at radius 1 is 1.25 bits per heavy atom. The molecule has 3 N–H and O–H groups in total. The summed E-state index contributed by atoms with van der Waals surface area (Å²) in [7, 11) is 0. The van der Waals surface area contributed by atoms with Gasteiger partial charge in [0.25, 0.3) is 0 Å². The second-order valence-corrected chi connectivity index (χ2v) is 6.46. The SMILES string of the molecule is CC1(C)CCC(NCC2(N)CCOCC2)C1. The van der Waals surface area contributed by atoms with Crippen molar-refractivity contribution in [1.29, 1.82) is 0 Å². The molecule has 3 nitrogen and oxygen atoms in total. The Kier molecular flexibility index (Phi) is 3.57. The van der Waals surface area contributed by atoms with Crippen molar-refractivity contribution in [3.8, 4) is 0 Å². The summed E-state index contributed by atoms with van der Waals surface area (Å²) >= 11 is 0.